The predicted octanol–water partition coefficient (Wildman–Crippen LogP) is -7.20. The summed E-state index contributed by atoms with van der Waals surface area (Å²) in [6.45, 7) is 0. The number of halogens is 2. The Balaban J connectivity index is 0. The fourth-order valence-electron chi connectivity index (χ4n) is 0. The summed E-state index contributed by atoms with van der Waals surface area (Å²) in [6, 6.07) is 0. The summed E-state index contributed by atoms with van der Waals surface area (Å²) in [5.41, 5.74) is 0. The minimum atomic E-state index is 0. The summed E-state index contributed by atoms with van der Waals surface area (Å²) < 4.78 is 0. The van der Waals surface area contributed by atoms with Crippen molar-refractivity contribution in [1.82, 2.24) is 0 Å². The third-order valence-corrected chi connectivity index (χ3v) is 0. The van der Waals surface area contributed by atoms with Crippen LogP contribution in [0, 0.1) is 0 Å². The first-order valence-electron chi connectivity index (χ1n) is 0. The first kappa shape index (κ1) is 129. The van der Waals surface area contributed by atoms with Crippen LogP contribution in [0.25, 0.3) is 0 Å². The monoisotopic (exact) mass is 97.0 g/mol. The third-order valence-electron chi connectivity index (χ3n) is 0. The Bertz CT molecular complexity index is 6.00. The van der Waals surface area contributed by atoms with Gasteiger partial charge in [-0.15, -0.1) is 0 Å². The van der Waals surface area contributed by atoms with Crippen LogP contribution in [0.4, 0.5) is 0 Å². The molecular formula is H2BeCl2O. The van der Waals surface area contributed by atoms with E-state index in [1.165, 1.54) is 0 Å². The van der Waals surface area contributed by atoms with Crippen molar-refractivity contribution in [2.45, 2.75) is 0 Å². The first-order chi connectivity index (χ1) is 0. The molecular weight excluding hydrogens is 95.9 g/mol. The van der Waals surface area contributed by atoms with E-state index in [2.05, 4.69) is 0 Å². The average molecular weight is 97.9 g/mol. The van der Waals surface area contributed by atoms with Crippen LogP contribution in [0.3, 0.4) is 0 Å². The van der Waals surface area contributed by atoms with Gasteiger partial charge in [-0.25, -0.2) is 0 Å². The smallest absolute Gasteiger partial charge is 1.00 e. The van der Waals surface area contributed by atoms with Gasteiger partial charge in [0.25, 0.3) is 0 Å². The predicted molar refractivity (Wildman–Crippen MR) is 9.37 cm³/mol. The second kappa shape index (κ2) is 54.2. The van der Waals surface area contributed by atoms with Crippen LogP contribution in [0.2, 0.25) is 0 Å². The maximum absolute atomic E-state index is 0. The van der Waals surface area contributed by atoms with E-state index in [-0.39, 0.29) is 40.4 Å². The van der Waals surface area contributed by atoms with E-state index in [9.17, 15) is 0 Å². The van der Waals surface area contributed by atoms with Crippen LogP contribution >= 0.6 is 0 Å². The summed E-state index contributed by atoms with van der Waals surface area (Å²) in [5.74, 6) is 0. The standard InChI is InChI=1S/Be.2ClH.H2O/h;2*1H;1H2/q+2;;;/p-2. The molecule has 4 heavy (non-hydrogen) atoms. The molecule has 0 radical (unpaired) electrons. The molecule has 0 aromatic heterocycles. The maximum atomic E-state index is 0. The van der Waals surface area contributed by atoms with E-state index < -0.39 is 0 Å². The van der Waals surface area contributed by atoms with Crippen molar-refractivity contribution < 1.29 is 30.3 Å². The molecule has 0 unspecified atom stereocenters. The summed E-state index contributed by atoms with van der Waals surface area (Å²) >= 11 is 0. The molecule has 0 rings (SSSR count). The average Bonchev–Trinajstić information content (AvgIpc) is 0. The van der Waals surface area contributed by atoms with Crippen molar-refractivity contribution in [2.75, 3.05) is 0 Å². The van der Waals surface area contributed by atoms with E-state index in [0.29, 0.717) is 0 Å². The molecule has 0 aliphatic heterocycles. The van der Waals surface area contributed by atoms with Gasteiger partial charge in [0.15, 0.2) is 0 Å². The van der Waals surface area contributed by atoms with Gasteiger partial charge in [0.2, 0.25) is 0 Å². The second-order valence-corrected chi connectivity index (χ2v) is 0. The van der Waals surface area contributed by atoms with E-state index in [0.717, 1.165) is 0 Å². The molecule has 0 bridgehead atoms. The minimum absolute atomic E-state index is 0. The zero-order valence-electron chi connectivity index (χ0n) is 1.96. The van der Waals surface area contributed by atoms with Crippen LogP contribution in [0.5, 0.6) is 0 Å². The first-order valence-corrected chi connectivity index (χ1v) is 0. The van der Waals surface area contributed by atoms with Crippen molar-refractivity contribution >= 4 is 10.1 Å². The van der Waals surface area contributed by atoms with Crippen LogP contribution < -0.4 is 24.8 Å². The molecule has 24 valence electrons. The summed E-state index contributed by atoms with van der Waals surface area (Å²) in [7, 11) is 0. The molecule has 0 saturated heterocycles. The van der Waals surface area contributed by atoms with Gasteiger partial charge >= 0.3 is 10.1 Å². The molecule has 0 heterocycles. The van der Waals surface area contributed by atoms with Gasteiger partial charge in [0, 0.05) is 0 Å². The van der Waals surface area contributed by atoms with Gasteiger partial charge in [-0.3, -0.25) is 0 Å². The Labute approximate surface area is 41.1 Å². The van der Waals surface area contributed by atoms with Crippen molar-refractivity contribution in [1.29, 1.82) is 0 Å². The molecule has 0 amide bonds. The topological polar surface area (TPSA) is 31.5 Å². The molecule has 4 heteroatoms. The Morgan fingerprint density at radius 3 is 0.750 bits per heavy atom. The number of rotatable bonds is 0. The largest absolute Gasteiger partial charge is 2.00 e. The van der Waals surface area contributed by atoms with Crippen molar-refractivity contribution in [2.24, 2.45) is 0 Å². The van der Waals surface area contributed by atoms with Gasteiger partial charge < -0.3 is 30.3 Å². The van der Waals surface area contributed by atoms with Gasteiger partial charge in [0.1, 0.15) is 0 Å². The van der Waals surface area contributed by atoms with Gasteiger partial charge in [-0.2, -0.15) is 0 Å². The van der Waals surface area contributed by atoms with Crippen molar-refractivity contribution in [3.05, 3.63) is 0 Å². The van der Waals surface area contributed by atoms with Crippen LogP contribution in [-0.4, -0.2) is 15.6 Å². The molecule has 0 saturated carbocycles. The quantitative estimate of drug-likeness (QED) is 0.269. The number of hydrogen-bond acceptors (Lipinski definition) is 0. The molecule has 2 N–H and O–H groups in total. The Morgan fingerprint density at radius 1 is 0.750 bits per heavy atom. The molecule has 0 aliphatic carbocycles. The molecule has 1 nitrogen and oxygen atoms in total. The normalized spacial score (nSPS) is 0. The van der Waals surface area contributed by atoms with Crippen molar-refractivity contribution in [3.63, 3.8) is 0 Å². The fraction of sp³-hybridized carbons (Fsp3) is 0. The Morgan fingerprint density at radius 2 is 0.750 bits per heavy atom. The van der Waals surface area contributed by atoms with Gasteiger partial charge in [0.05, 0.1) is 0 Å². The third kappa shape index (κ3) is 15.7. The molecule has 0 fully saturated rings. The zero-order chi connectivity index (χ0) is 0. The van der Waals surface area contributed by atoms with E-state index in [1.807, 2.05) is 0 Å². The zero-order valence-corrected chi connectivity index (χ0v) is 3.47. The fourth-order valence-corrected chi connectivity index (χ4v) is 0. The van der Waals surface area contributed by atoms with Crippen LogP contribution in [0.15, 0.2) is 0 Å². The SMILES string of the molecule is O.[Be+2].[Cl-].[Cl-]. The molecule has 0 aromatic rings. The Kier molecular flexibility index (Phi) is 1750. The molecule has 0 aliphatic rings. The van der Waals surface area contributed by atoms with Crippen molar-refractivity contribution in [3.8, 4) is 0 Å². The summed E-state index contributed by atoms with van der Waals surface area (Å²) in [4.78, 5) is 0. The summed E-state index contributed by atoms with van der Waals surface area (Å²) in [5, 5.41) is 0. The van der Waals surface area contributed by atoms with E-state index in [1.54, 1.807) is 0 Å². The Hall–Kier alpha value is 0.709. The second-order valence-electron chi connectivity index (χ2n) is 0. The summed E-state index contributed by atoms with van der Waals surface area (Å²) in [6.07, 6.45) is 0. The molecule has 0 spiro atoms. The van der Waals surface area contributed by atoms with Gasteiger partial charge in [-0.1, -0.05) is 0 Å². The minimum Gasteiger partial charge on any atom is -1.00 e. The van der Waals surface area contributed by atoms with E-state index >= 15 is 0 Å². The molecule has 0 atom stereocenters. The number of hydrogen-bond donors (Lipinski definition) is 0. The maximum Gasteiger partial charge on any atom is 2.00 e. The molecule has 0 aromatic carbocycles. The van der Waals surface area contributed by atoms with Gasteiger partial charge in [-0.05, 0) is 0 Å². The van der Waals surface area contributed by atoms with Crippen LogP contribution in [0.1, 0.15) is 0 Å². The van der Waals surface area contributed by atoms with Crippen LogP contribution in [-0.2, 0) is 0 Å². The van der Waals surface area contributed by atoms with E-state index in [4.69, 9.17) is 0 Å².